The number of nitrogens with one attached hydrogen (secondary N) is 1. The van der Waals surface area contributed by atoms with Gasteiger partial charge in [0.25, 0.3) is 0 Å². The van der Waals surface area contributed by atoms with Crippen molar-refractivity contribution in [2.75, 3.05) is 13.7 Å². The lowest BCUT2D eigenvalue weighted by molar-refractivity contribution is -0.117. The molecule has 1 heterocycles. The number of benzene rings is 1. The molecule has 3 nitrogen and oxygen atoms in total. The molecule has 0 saturated heterocycles. The number of carbonyl (C=O) groups excluding carboxylic acids is 1. The monoisotopic (exact) mass is 309 g/mol. The van der Waals surface area contributed by atoms with Crippen molar-refractivity contribution in [1.82, 2.24) is 5.32 Å². The van der Waals surface area contributed by atoms with Crippen LogP contribution in [0.4, 0.5) is 0 Å². The highest BCUT2D eigenvalue weighted by atomic mass is 35.5. The number of ether oxygens (including phenoxy) is 1. The van der Waals surface area contributed by atoms with Gasteiger partial charge in [0.15, 0.2) is 0 Å². The maximum absolute atomic E-state index is 11.7. The van der Waals surface area contributed by atoms with E-state index in [-0.39, 0.29) is 11.9 Å². The van der Waals surface area contributed by atoms with Crippen LogP contribution in [0.25, 0.3) is 16.2 Å². The molecule has 0 aliphatic carbocycles. The smallest absolute Gasteiger partial charge is 0.244 e. The fourth-order valence-electron chi connectivity index (χ4n) is 1.87. The second kappa shape index (κ2) is 6.88. The molecule has 20 heavy (non-hydrogen) atoms. The van der Waals surface area contributed by atoms with Crippen molar-refractivity contribution < 1.29 is 9.53 Å². The van der Waals surface area contributed by atoms with Gasteiger partial charge in [-0.05, 0) is 19.1 Å². The number of thiophene rings is 1. The summed E-state index contributed by atoms with van der Waals surface area (Å²) in [6, 6.07) is 7.90. The number of hydrogen-bond acceptors (Lipinski definition) is 3. The van der Waals surface area contributed by atoms with Crippen LogP contribution in [0.5, 0.6) is 0 Å². The Hall–Kier alpha value is -1.36. The van der Waals surface area contributed by atoms with Crippen LogP contribution in [0.2, 0.25) is 5.02 Å². The Morgan fingerprint density at radius 1 is 1.50 bits per heavy atom. The van der Waals surface area contributed by atoms with Gasteiger partial charge in [0.1, 0.15) is 0 Å². The molecule has 0 saturated carbocycles. The van der Waals surface area contributed by atoms with Crippen LogP contribution in [0.15, 0.2) is 30.3 Å². The van der Waals surface area contributed by atoms with Gasteiger partial charge in [-0.1, -0.05) is 29.8 Å². The summed E-state index contributed by atoms with van der Waals surface area (Å²) >= 11 is 7.88. The van der Waals surface area contributed by atoms with Crippen molar-refractivity contribution in [3.05, 3.63) is 40.2 Å². The Labute approximate surface area is 127 Å². The fraction of sp³-hybridized carbons (Fsp3) is 0.267. The molecule has 0 aliphatic rings. The lowest BCUT2D eigenvalue weighted by Gasteiger charge is -2.10. The molecule has 5 heteroatoms. The van der Waals surface area contributed by atoms with Crippen molar-refractivity contribution in [3.8, 4) is 0 Å². The zero-order valence-corrected chi connectivity index (χ0v) is 12.9. The zero-order valence-electron chi connectivity index (χ0n) is 11.4. The third kappa shape index (κ3) is 3.60. The first-order valence-corrected chi connectivity index (χ1v) is 7.46. The summed E-state index contributed by atoms with van der Waals surface area (Å²) in [5.41, 5.74) is 0. The van der Waals surface area contributed by atoms with E-state index >= 15 is 0 Å². The topological polar surface area (TPSA) is 38.3 Å². The van der Waals surface area contributed by atoms with Gasteiger partial charge in [-0.15, -0.1) is 11.3 Å². The number of fused-ring (bicyclic) bond motifs is 1. The van der Waals surface area contributed by atoms with E-state index in [1.165, 1.54) is 6.08 Å². The second-order valence-electron chi connectivity index (χ2n) is 4.47. The van der Waals surface area contributed by atoms with E-state index in [0.29, 0.717) is 11.6 Å². The highest BCUT2D eigenvalue weighted by Crippen LogP contribution is 2.35. The number of rotatable bonds is 5. The van der Waals surface area contributed by atoms with E-state index in [4.69, 9.17) is 16.3 Å². The first-order valence-electron chi connectivity index (χ1n) is 6.26. The van der Waals surface area contributed by atoms with Gasteiger partial charge in [-0.25, -0.2) is 0 Å². The maximum atomic E-state index is 11.7. The molecule has 1 amide bonds. The summed E-state index contributed by atoms with van der Waals surface area (Å²) in [5, 5.41) is 4.53. The minimum absolute atomic E-state index is 0.0185. The molecule has 0 aliphatic heterocycles. The Morgan fingerprint density at radius 2 is 2.25 bits per heavy atom. The average molecular weight is 310 g/mol. The Bertz CT molecular complexity index is 636. The molecule has 1 aromatic heterocycles. The molecule has 2 aromatic rings. The minimum atomic E-state index is -0.150. The second-order valence-corrected chi connectivity index (χ2v) is 5.94. The summed E-state index contributed by atoms with van der Waals surface area (Å²) < 4.78 is 6.08. The number of methoxy groups -OCH3 is 1. The van der Waals surface area contributed by atoms with Crippen LogP contribution in [0.1, 0.15) is 11.8 Å². The quantitative estimate of drug-likeness (QED) is 0.855. The Balaban J connectivity index is 2.09. The first kappa shape index (κ1) is 15.0. The average Bonchev–Trinajstić information content (AvgIpc) is 2.74. The summed E-state index contributed by atoms with van der Waals surface area (Å²) in [6.07, 6.45) is 3.25. The predicted octanol–water partition coefficient (Wildman–Crippen LogP) is 3.72. The highest BCUT2D eigenvalue weighted by molar-refractivity contribution is 7.20. The largest absolute Gasteiger partial charge is 0.383 e. The zero-order chi connectivity index (χ0) is 14.5. The summed E-state index contributed by atoms with van der Waals surface area (Å²) in [4.78, 5) is 12.6. The highest BCUT2D eigenvalue weighted by Gasteiger charge is 2.08. The molecule has 0 radical (unpaired) electrons. The van der Waals surface area contributed by atoms with Gasteiger partial charge in [-0.2, -0.15) is 0 Å². The van der Waals surface area contributed by atoms with Crippen LogP contribution in [0.3, 0.4) is 0 Å². The van der Waals surface area contributed by atoms with Crippen molar-refractivity contribution in [2.24, 2.45) is 0 Å². The van der Waals surface area contributed by atoms with E-state index in [1.54, 1.807) is 24.5 Å². The summed E-state index contributed by atoms with van der Waals surface area (Å²) in [5.74, 6) is -0.150. The van der Waals surface area contributed by atoms with Crippen LogP contribution in [-0.4, -0.2) is 25.7 Å². The predicted molar refractivity (Wildman–Crippen MR) is 85.3 cm³/mol. The molecule has 1 aromatic carbocycles. The third-order valence-electron chi connectivity index (χ3n) is 2.75. The van der Waals surface area contributed by atoms with Gasteiger partial charge in [-0.3, -0.25) is 4.79 Å². The van der Waals surface area contributed by atoms with Crippen LogP contribution >= 0.6 is 22.9 Å². The van der Waals surface area contributed by atoms with Gasteiger partial charge in [0.05, 0.1) is 11.6 Å². The fourth-order valence-corrected chi connectivity index (χ4v) is 3.27. The number of amides is 1. The SMILES string of the molecule is COCC(C)NC(=O)/C=C/c1sc2ccccc2c1Cl. The third-order valence-corrected chi connectivity index (χ3v) is 4.41. The maximum Gasteiger partial charge on any atom is 0.244 e. The number of hydrogen-bond donors (Lipinski definition) is 1. The molecule has 1 unspecified atom stereocenters. The van der Waals surface area contributed by atoms with Crippen molar-refractivity contribution >= 4 is 45.0 Å². The van der Waals surface area contributed by atoms with Gasteiger partial charge < -0.3 is 10.1 Å². The lowest BCUT2D eigenvalue weighted by atomic mass is 10.2. The van der Waals surface area contributed by atoms with Crippen molar-refractivity contribution in [3.63, 3.8) is 0 Å². The van der Waals surface area contributed by atoms with E-state index in [2.05, 4.69) is 5.32 Å². The first-order chi connectivity index (χ1) is 9.61. The lowest BCUT2D eigenvalue weighted by Crippen LogP contribution is -2.34. The number of halogens is 1. The molecule has 0 bridgehead atoms. The van der Waals surface area contributed by atoms with E-state index in [1.807, 2.05) is 31.2 Å². The minimum Gasteiger partial charge on any atom is -0.383 e. The molecule has 2 rings (SSSR count). The van der Waals surface area contributed by atoms with E-state index < -0.39 is 0 Å². The van der Waals surface area contributed by atoms with Gasteiger partial charge in [0.2, 0.25) is 5.91 Å². The summed E-state index contributed by atoms with van der Waals surface area (Å²) in [7, 11) is 1.61. The number of carbonyl (C=O) groups is 1. The molecule has 1 N–H and O–H groups in total. The van der Waals surface area contributed by atoms with Gasteiger partial charge in [0, 0.05) is 34.2 Å². The molecular weight excluding hydrogens is 294 g/mol. The molecule has 0 fully saturated rings. The van der Waals surface area contributed by atoms with Crippen LogP contribution < -0.4 is 5.32 Å². The molecular formula is C15H16ClNO2S. The summed E-state index contributed by atoms with van der Waals surface area (Å²) in [6.45, 7) is 2.38. The standard InChI is InChI=1S/C15H16ClNO2S/c1-10(9-19-2)17-14(18)8-7-13-15(16)11-5-3-4-6-12(11)20-13/h3-8,10H,9H2,1-2H3,(H,17,18)/b8-7+. The normalized spacial score (nSPS) is 12.9. The molecule has 106 valence electrons. The van der Waals surface area contributed by atoms with Gasteiger partial charge >= 0.3 is 0 Å². The Morgan fingerprint density at radius 3 is 2.95 bits per heavy atom. The Kier molecular flexibility index (Phi) is 5.17. The van der Waals surface area contributed by atoms with Crippen molar-refractivity contribution in [2.45, 2.75) is 13.0 Å². The van der Waals surface area contributed by atoms with Crippen LogP contribution in [0, 0.1) is 0 Å². The molecule has 0 spiro atoms. The van der Waals surface area contributed by atoms with Crippen molar-refractivity contribution in [1.29, 1.82) is 0 Å². The van der Waals surface area contributed by atoms with E-state index in [0.717, 1.165) is 15.0 Å². The molecule has 1 atom stereocenters. The van der Waals surface area contributed by atoms with Crippen LogP contribution in [-0.2, 0) is 9.53 Å². The van der Waals surface area contributed by atoms with E-state index in [9.17, 15) is 4.79 Å².